The van der Waals surface area contributed by atoms with Gasteiger partial charge in [0, 0.05) is 16.8 Å². The summed E-state index contributed by atoms with van der Waals surface area (Å²) >= 11 is 0. The lowest BCUT2D eigenvalue weighted by Gasteiger charge is -2.09. The van der Waals surface area contributed by atoms with Crippen LogP contribution < -0.4 is 10.1 Å². The first-order valence-electron chi connectivity index (χ1n) is 7.87. The zero-order valence-corrected chi connectivity index (χ0v) is 13.7. The average Bonchev–Trinajstić information content (AvgIpc) is 2.63. The summed E-state index contributed by atoms with van der Waals surface area (Å²) in [5, 5.41) is 2.80. The number of hydrogen-bond donors (Lipinski definition) is 1. The van der Waals surface area contributed by atoms with Crippen LogP contribution in [0.1, 0.15) is 27.6 Å². The van der Waals surface area contributed by atoms with Crippen molar-refractivity contribution in [2.45, 2.75) is 6.92 Å². The monoisotopic (exact) mass is 331 g/mol. The molecule has 0 atom stereocenters. The van der Waals surface area contributed by atoms with Gasteiger partial charge in [0.25, 0.3) is 5.91 Å². The molecule has 0 aromatic heterocycles. The standard InChI is InChI=1S/C21H17NO3/c1-15(23)16-7-5-9-18(13-16)22-21(24)17-8-6-12-20(14-17)25-19-10-3-2-4-11-19/h2-14H,1H3,(H,22,24). The summed E-state index contributed by atoms with van der Waals surface area (Å²) in [4.78, 5) is 23.9. The van der Waals surface area contributed by atoms with Gasteiger partial charge in [-0.15, -0.1) is 0 Å². The number of para-hydroxylation sites is 1. The summed E-state index contributed by atoms with van der Waals surface area (Å²) in [6, 6.07) is 23.2. The van der Waals surface area contributed by atoms with E-state index in [1.54, 1.807) is 48.5 Å². The van der Waals surface area contributed by atoms with Gasteiger partial charge in [-0.05, 0) is 49.4 Å². The fourth-order valence-corrected chi connectivity index (χ4v) is 2.34. The molecule has 0 spiro atoms. The van der Waals surface area contributed by atoms with Crippen LogP contribution >= 0.6 is 0 Å². The van der Waals surface area contributed by atoms with Gasteiger partial charge in [-0.25, -0.2) is 0 Å². The zero-order valence-electron chi connectivity index (χ0n) is 13.7. The minimum atomic E-state index is -0.265. The smallest absolute Gasteiger partial charge is 0.255 e. The molecule has 1 amide bonds. The van der Waals surface area contributed by atoms with Crippen molar-refractivity contribution in [1.29, 1.82) is 0 Å². The Morgan fingerprint density at radius 1 is 0.760 bits per heavy atom. The molecule has 0 unspecified atom stereocenters. The van der Waals surface area contributed by atoms with Crippen molar-refractivity contribution in [3.05, 3.63) is 90.0 Å². The van der Waals surface area contributed by atoms with E-state index in [2.05, 4.69) is 5.32 Å². The number of Topliss-reactive ketones (excluding diaryl/α,β-unsaturated/α-hetero) is 1. The van der Waals surface area contributed by atoms with Crippen LogP contribution in [0.5, 0.6) is 11.5 Å². The first-order valence-corrected chi connectivity index (χ1v) is 7.87. The maximum absolute atomic E-state index is 12.4. The van der Waals surface area contributed by atoms with Crippen LogP contribution in [-0.4, -0.2) is 11.7 Å². The number of rotatable bonds is 5. The molecule has 0 aliphatic rings. The van der Waals surface area contributed by atoms with E-state index in [-0.39, 0.29) is 11.7 Å². The number of hydrogen-bond acceptors (Lipinski definition) is 3. The van der Waals surface area contributed by atoms with Crippen molar-refractivity contribution in [3.8, 4) is 11.5 Å². The van der Waals surface area contributed by atoms with Gasteiger partial charge < -0.3 is 10.1 Å². The molecule has 0 saturated heterocycles. The van der Waals surface area contributed by atoms with Gasteiger partial charge in [0.05, 0.1) is 0 Å². The van der Waals surface area contributed by atoms with E-state index in [0.29, 0.717) is 28.3 Å². The fraction of sp³-hybridized carbons (Fsp3) is 0.0476. The second kappa shape index (κ2) is 7.45. The molecule has 124 valence electrons. The number of ketones is 1. The molecule has 0 radical (unpaired) electrons. The highest BCUT2D eigenvalue weighted by Gasteiger charge is 2.09. The van der Waals surface area contributed by atoms with Gasteiger partial charge in [-0.1, -0.05) is 36.4 Å². The largest absolute Gasteiger partial charge is 0.457 e. The molecule has 25 heavy (non-hydrogen) atoms. The normalized spacial score (nSPS) is 10.1. The molecule has 0 fully saturated rings. The van der Waals surface area contributed by atoms with Crippen molar-refractivity contribution in [2.24, 2.45) is 0 Å². The second-order valence-corrected chi connectivity index (χ2v) is 5.53. The van der Waals surface area contributed by atoms with Crippen LogP contribution in [0, 0.1) is 0 Å². The lowest BCUT2D eigenvalue weighted by atomic mass is 10.1. The lowest BCUT2D eigenvalue weighted by Crippen LogP contribution is -2.12. The van der Waals surface area contributed by atoms with E-state index >= 15 is 0 Å². The molecule has 3 rings (SSSR count). The fourth-order valence-electron chi connectivity index (χ4n) is 2.34. The van der Waals surface area contributed by atoms with E-state index in [9.17, 15) is 9.59 Å². The van der Waals surface area contributed by atoms with Crippen molar-refractivity contribution < 1.29 is 14.3 Å². The number of benzene rings is 3. The molecule has 3 aromatic carbocycles. The van der Waals surface area contributed by atoms with Gasteiger partial charge in [-0.2, -0.15) is 0 Å². The number of carbonyl (C=O) groups is 2. The van der Waals surface area contributed by atoms with Crippen molar-refractivity contribution >= 4 is 17.4 Å². The van der Waals surface area contributed by atoms with E-state index in [4.69, 9.17) is 4.74 Å². The van der Waals surface area contributed by atoms with E-state index in [0.717, 1.165) is 0 Å². The summed E-state index contributed by atoms with van der Waals surface area (Å²) in [5.41, 5.74) is 1.60. The summed E-state index contributed by atoms with van der Waals surface area (Å²) in [6.07, 6.45) is 0. The van der Waals surface area contributed by atoms with Gasteiger partial charge >= 0.3 is 0 Å². The predicted octanol–water partition coefficient (Wildman–Crippen LogP) is 4.93. The summed E-state index contributed by atoms with van der Waals surface area (Å²) < 4.78 is 5.75. The SMILES string of the molecule is CC(=O)c1cccc(NC(=O)c2cccc(Oc3ccccc3)c2)c1. The summed E-state index contributed by atoms with van der Waals surface area (Å²) in [5.74, 6) is 0.971. The molecular weight excluding hydrogens is 314 g/mol. The van der Waals surface area contributed by atoms with Gasteiger partial charge in [0.1, 0.15) is 11.5 Å². The second-order valence-electron chi connectivity index (χ2n) is 5.53. The number of anilines is 1. The topological polar surface area (TPSA) is 55.4 Å². The van der Waals surface area contributed by atoms with E-state index < -0.39 is 0 Å². The highest BCUT2D eigenvalue weighted by atomic mass is 16.5. The minimum absolute atomic E-state index is 0.0469. The van der Waals surface area contributed by atoms with Crippen LogP contribution in [0.2, 0.25) is 0 Å². The Balaban J connectivity index is 1.75. The van der Waals surface area contributed by atoms with Crippen molar-refractivity contribution in [2.75, 3.05) is 5.32 Å². The van der Waals surface area contributed by atoms with Crippen LogP contribution in [0.4, 0.5) is 5.69 Å². The van der Waals surface area contributed by atoms with E-state index in [1.165, 1.54) is 6.92 Å². The Hall–Kier alpha value is -3.40. The van der Waals surface area contributed by atoms with Crippen LogP contribution in [0.3, 0.4) is 0 Å². The molecule has 0 aliphatic heterocycles. The van der Waals surface area contributed by atoms with Gasteiger partial charge in [0.15, 0.2) is 5.78 Å². The van der Waals surface area contributed by atoms with Crippen molar-refractivity contribution in [1.82, 2.24) is 0 Å². The number of amides is 1. The molecule has 0 saturated carbocycles. The van der Waals surface area contributed by atoms with Crippen molar-refractivity contribution in [3.63, 3.8) is 0 Å². The molecule has 0 aliphatic carbocycles. The Morgan fingerprint density at radius 3 is 2.20 bits per heavy atom. The number of nitrogens with one attached hydrogen (secondary N) is 1. The Labute approximate surface area is 146 Å². The molecule has 0 bridgehead atoms. The summed E-state index contributed by atoms with van der Waals surface area (Å²) in [6.45, 7) is 1.49. The first kappa shape index (κ1) is 16.5. The molecule has 0 heterocycles. The van der Waals surface area contributed by atoms with Crippen LogP contribution in [0.15, 0.2) is 78.9 Å². The minimum Gasteiger partial charge on any atom is -0.457 e. The number of ether oxygens (including phenoxy) is 1. The maximum atomic E-state index is 12.4. The summed E-state index contributed by atoms with van der Waals surface area (Å²) in [7, 11) is 0. The van der Waals surface area contributed by atoms with Crippen LogP contribution in [0.25, 0.3) is 0 Å². The zero-order chi connectivity index (χ0) is 17.6. The Bertz CT molecular complexity index is 904. The molecule has 4 heteroatoms. The highest BCUT2D eigenvalue weighted by molar-refractivity contribution is 6.05. The molecule has 1 N–H and O–H groups in total. The third-order valence-corrected chi connectivity index (χ3v) is 3.60. The highest BCUT2D eigenvalue weighted by Crippen LogP contribution is 2.22. The molecule has 4 nitrogen and oxygen atoms in total. The molecular formula is C21H17NO3. The third-order valence-electron chi connectivity index (χ3n) is 3.60. The average molecular weight is 331 g/mol. The molecule has 3 aromatic rings. The van der Waals surface area contributed by atoms with Gasteiger partial charge in [0.2, 0.25) is 0 Å². The predicted molar refractivity (Wildman–Crippen MR) is 97.4 cm³/mol. The van der Waals surface area contributed by atoms with E-state index in [1.807, 2.05) is 30.3 Å². The lowest BCUT2D eigenvalue weighted by molar-refractivity contribution is 0.101. The quantitative estimate of drug-likeness (QED) is 0.674. The maximum Gasteiger partial charge on any atom is 0.255 e. The number of carbonyl (C=O) groups excluding carboxylic acids is 2. The third kappa shape index (κ3) is 4.32. The van der Waals surface area contributed by atoms with Crippen LogP contribution in [-0.2, 0) is 0 Å². The first-order chi connectivity index (χ1) is 12.1. The Morgan fingerprint density at radius 2 is 1.44 bits per heavy atom. The van der Waals surface area contributed by atoms with Gasteiger partial charge in [-0.3, -0.25) is 9.59 Å². The Kier molecular flexibility index (Phi) is 4.90.